The van der Waals surface area contributed by atoms with Crippen molar-refractivity contribution >= 4 is 5.91 Å². The quantitative estimate of drug-likeness (QED) is 0.727. The molecule has 2 aromatic rings. The van der Waals surface area contributed by atoms with Crippen molar-refractivity contribution in [2.45, 2.75) is 32.9 Å². The molecule has 2 aliphatic heterocycles. The van der Waals surface area contributed by atoms with Crippen molar-refractivity contribution < 1.29 is 13.9 Å². The third-order valence-electron chi connectivity index (χ3n) is 6.23. The lowest BCUT2D eigenvalue weighted by Crippen LogP contribution is -2.45. The van der Waals surface area contributed by atoms with Crippen LogP contribution in [0.3, 0.4) is 0 Å². The Kier molecular flexibility index (Phi) is 6.69. The van der Waals surface area contributed by atoms with Crippen LogP contribution >= 0.6 is 0 Å². The largest absolute Gasteiger partial charge is 0.497 e. The number of ether oxygens (including phenoxy) is 1. The highest BCUT2D eigenvalue weighted by molar-refractivity contribution is 5.92. The fourth-order valence-corrected chi connectivity index (χ4v) is 4.14. The number of nitrogens with zero attached hydrogens (tertiary/aromatic N) is 4. The van der Waals surface area contributed by atoms with Crippen LogP contribution in [-0.2, 0) is 13.1 Å². The average molecular weight is 413 g/mol. The summed E-state index contributed by atoms with van der Waals surface area (Å²) in [5.74, 6) is 2.22. The van der Waals surface area contributed by atoms with Crippen molar-refractivity contribution in [1.82, 2.24) is 19.7 Å². The second-order valence-corrected chi connectivity index (χ2v) is 8.50. The molecule has 7 heteroatoms. The minimum Gasteiger partial charge on any atom is -0.497 e. The third kappa shape index (κ3) is 5.21. The van der Waals surface area contributed by atoms with Gasteiger partial charge in [0.1, 0.15) is 12.0 Å². The fourth-order valence-electron chi connectivity index (χ4n) is 4.14. The van der Waals surface area contributed by atoms with Crippen molar-refractivity contribution in [1.29, 1.82) is 0 Å². The van der Waals surface area contributed by atoms with Crippen molar-refractivity contribution in [3.63, 3.8) is 0 Å². The van der Waals surface area contributed by atoms with E-state index in [-0.39, 0.29) is 5.91 Å². The van der Waals surface area contributed by atoms with Gasteiger partial charge in [0.25, 0.3) is 5.91 Å². The Balaban J connectivity index is 1.23. The molecule has 4 rings (SSSR count). The number of piperazine rings is 1. The lowest BCUT2D eigenvalue weighted by Gasteiger charge is -2.34. The zero-order valence-corrected chi connectivity index (χ0v) is 18.0. The number of hydrogen-bond donors (Lipinski definition) is 0. The molecule has 30 heavy (non-hydrogen) atoms. The average Bonchev–Trinajstić information content (AvgIpc) is 3.24. The molecule has 0 unspecified atom stereocenters. The molecule has 0 radical (unpaired) electrons. The highest BCUT2D eigenvalue weighted by Gasteiger charge is 2.25. The van der Waals surface area contributed by atoms with Gasteiger partial charge in [-0.1, -0.05) is 19.1 Å². The number of piperidine rings is 1. The van der Waals surface area contributed by atoms with E-state index in [0.717, 1.165) is 64.4 Å². The van der Waals surface area contributed by atoms with Crippen LogP contribution < -0.4 is 4.74 Å². The summed E-state index contributed by atoms with van der Waals surface area (Å²) in [5.41, 5.74) is 1.74. The Morgan fingerprint density at radius 1 is 1.03 bits per heavy atom. The van der Waals surface area contributed by atoms with Crippen LogP contribution in [0.5, 0.6) is 5.75 Å². The van der Waals surface area contributed by atoms with E-state index in [1.54, 1.807) is 7.11 Å². The number of hydrogen-bond acceptors (Lipinski definition) is 6. The number of carbonyl (C=O) groups is 1. The maximum Gasteiger partial charge on any atom is 0.275 e. The van der Waals surface area contributed by atoms with Gasteiger partial charge in [-0.2, -0.15) is 0 Å². The minimum atomic E-state index is 0.00112. The molecule has 0 bridgehead atoms. The minimum absolute atomic E-state index is 0.00112. The number of amides is 1. The molecule has 0 atom stereocenters. The van der Waals surface area contributed by atoms with Crippen LogP contribution in [0.2, 0.25) is 0 Å². The fraction of sp³-hybridized carbons (Fsp3) is 0.565. The van der Waals surface area contributed by atoms with E-state index in [4.69, 9.17) is 9.15 Å². The lowest BCUT2D eigenvalue weighted by atomic mass is 9.99. The molecule has 0 spiro atoms. The van der Waals surface area contributed by atoms with Crippen molar-refractivity contribution in [3.05, 3.63) is 47.7 Å². The molecule has 162 valence electrons. The van der Waals surface area contributed by atoms with Crippen LogP contribution in [0.4, 0.5) is 0 Å². The first kappa shape index (κ1) is 20.9. The Bertz CT molecular complexity index is 819. The van der Waals surface area contributed by atoms with Gasteiger partial charge in [-0.15, -0.1) is 0 Å². The van der Waals surface area contributed by atoms with Gasteiger partial charge in [0.15, 0.2) is 5.69 Å². The van der Waals surface area contributed by atoms with Gasteiger partial charge in [0.2, 0.25) is 5.89 Å². The number of carbonyl (C=O) groups excluding carboxylic acids is 1. The molecule has 7 nitrogen and oxygen atoms in total. The Hall–Kier alpha value is -2.38. The van der Waals surface area contributed by atoms with Crippen molar-refractivity contribution in [2.24, 2.45) is 5.92 Å². The number of methoxy groups -OCH3 is 1. The highest BCUT2D eigenvalue weighted by Crippen LogP contribution is 2.19. The molecule has 1 aromatic carbocycles. The molecule has 3 heterocycles. The van der Waals surface area contributed by atoms with E-state index in [0.29, 0.717) is 24.0 Å². The van der Waals surface area contributed by atoms with E-state index in [9.17, 15) is 4.79 Å². The predicted octanol–water partition coefficient (Wildman–Crippen LogP) is 2.87. The Labute approximate surface area is 178 Å². The van der Waals surface area contributed by atoms with Crippen LogP contribution in [0.15, 0.2) is 34.9 Å². The Morgan fingerprint density at radius 2 is 1.67 bits per heavy atom. The van der Waals surface area contributed by atoms with E-state index < -0.39 is 0 Å². The summed E-state index contributed by atoms with van der Waals surface area (Å²) in [6.07, 6.45) is 3.66. The second-order valence-electron chi connectivity index (χ2n) is 8.50. The van der Waals surface area contributed by atoms with Crippen molar-refractivity contribution in [2.75, 3.05) is 46.4 Å². The first-order valence-electron chi connectivity index (χ1n) is 10.9. The second kappa shape index (κ2) is 9.62. The van der Waals surface area contributed by atoms with Crippen LogP contribution in [0, 0.1) is 5.92 Å². The highest BCUT2D eigenvalue weighted by atomic mass is 16.5. The molecular weight excluding hydrogens is 380 g/mol. The van der Waals surface area contributed by atoms with Gasteiger partial charge in [-0.3, -0.25) is 14.6 Å². The van der Waals surface area contributed by atoms with Gasteiger partial charge in [0, 0.05) is 45.8 Å². The summed E-state index contributed by atoms with van der Waals surface area (Å²) in [5, 5.41) is 0. The normalized spacial score (nSPS) is 19.2. The van der Waals surface area contributed by atoms with E-state index >= 15 is 0 Å². The van der Waals surface area contributed by atoms with Gasteiger partial charge < -0.3 is 14.1 Å². The molecule has 0 aliphatic carbocycles. The summed E-state index contributed by atoms with van der Waals surface area (Å²) >= 11 is 0. The van der Waals surface area contributed by atoms with Crippen LogP contribution in [-0.4, -0.2) is 72.0 Å². The molecule has 2 aliphatic rings. The first-order chi connectivity index (χ1) is 14.6. The monoisotopic (exact) mass is 412 g/mol. The number of benzene rings is 1. The maximum absolute atomic E-state index is 12.6. The van der Waals surface area contributed by atoms with E-state index in [1.165, 1.54) is 11.8 Å². The van der Waals surface area contributed by atoms with E-state index in [2.05, 4.69) is 33.8 Å². The SMILES string of the molecule is COc1ccc(CN2CCN(Cc3nc(C(=O)N4CCC(C)CC4)co3)CC2)cc1. The standard InChI is InChI=1S/C23H32N4O3/c1-18-7-9-27(10-8-18)23(28)21-17-30-22(24-21)16-26-13-11-25(12-14-26)15-19-3-5-20(29-2)6-4-19/h3-6,17-18H,7-16H2,1-2H3. The number of oxazole rings is 1. The molecule has 2 saturated heterocycles. The Morgan fingerprint density at radius 3 is 2.30 bits per heavy atom. The first-order valence-corrected chi connectivity index (χ1v) is 10.9. The molecule has 0 N–H and O–H groups in total. The van der Waals surface area contributed by atoms with Gasteiger partial charge in [0.05, 0.1) is 13.7 Å². The van der Waals surface area contributed by atoms with Gasteiger partial charge in [-0.05, 0) is 36.5 Å². The molecule has 1 aromatic heterocycles. The lowest BCUT2D eigenvalue weighted by molar-refractivity contribution is 0.0691. The van der Waals surface area contributed by atoms with Gasteiger partial charge in [-0.25, -0.2) is 4.98 Å². The summed E-state index contributed by atoms with van der Waals surface area (Å²) < 4.78 is 10.8. The summed E-state index contributed by atoms with van der Waals surface area (Å²) in [6.45, 7) is 9.42. The van der Waals surface area contributed by atoms with E-state index in [1.807, 2.05) is 17.0 Å². The smallest absolute Gasteiger partial charge is 0.275 e. The summed E-state index contributed by atoms with van der Waals surface area (Å²) in [7, 11) is 1.69. The number of rotatable bonds is 6. The molecular formula is C23H32N4O3. The number of likely N-dealkylation sites (tertiary alicyclic amines) is 1. The van der Waals surface area contributed by atoms with Crippen LogP contribution in [0.1, 0.15) is 41.7 Å². The molecule has 2 fully saturated rings. The van der Waals surface area contributed by atoms with Crippen LogP contribution in [0.25, 0.3) is 0 Å². The zero-order valence-electron chi connectivity index (χ0n) is 18.0. The zero-order chi connectivity index (χ0) is 20.9. The predicted molar refractivity (Wildman–Crippen MR) is 114 cm³/mol. The summed E-state index contributed by atoms with van der Waals surface area (Å²) in [6, 6.07) is 8.27. The third-order valence-corrected chi connectivity index (χ3v) is 6.23. The van der Waals surface area contributed by atoms with Gasteiger partial charge >= 0.3 is 0 Å². The molecule has 1 amide bonds. The van der Waals surface area contributed by atoms with Crippen molar-refractivity contribution in [3.8, 4) is 5.75 Å². The topological polar surface area (TPSA) is 62.1 Å². The summed E-state index contributed by atoms with van der Waals surface area (Å²) in [4.78, 5) is 23.8. The molecule has 0 saturated carbocycles. The number of aromatic nitrogens is 1. The maximum atomic E-state index is 12.6.